The average molecular weight is 388 g/mol. The average Bonchev–Trinajstić information content (AvgIpc) is 3.23. The van der Waals surface area contributed by atoms with E-state index in [1.54, 1.807) is 23.1 Å². The number of carbonyl (C=O) groups is 1. The van der Waals surface area contributed by atoms with Crippen molar-refractivity contribution in [2.24, 2.45) is 0 Å². The Kier molecular flexibility index (Phi) is 4.47. The first-order valence-electron chi connectivity index (χ1n) is 8.72. The summed E-state index contributed by atoms with van der Waals surface area (Å²) in [6, 6.07) is 4.40. The molecule has 1 atom stereocenters. The van der Waals surface area contributed by atoms with Crippen molar-refractivity contribution in [3.05, 3.63) is 64.5 Å². The van der Waals surface area contributed by atoms with Crippen LogP contribution in [0.5, 0.6) is 0 Å². The van der Waals surface area contributed by atoms with Crippen molar-refractivity contribution in [1.29, 1.82) is 0 Å². The third-order valence-corrected chi connectivity index (χ3v) is 5.12. The Labute approximate surface area is 161 Å². The van der Waals surface area contributed by atoms with Crippen LogP contribution in [-0.2, 0) is 24.3 Å². The summed E-state index contributed by atoms with van der Waals surface area (Å²) in [5.74, 6) is -0.512. The third-order valence-electron chi connectivity index (χ3n) is 4.83. The number of hydrogen-bond donors (Lipinski definition) is 0. The van der Waals surface area contributed by atoms with Crippen molar-refractivity contribution in [1.82, 2.24) is 24.5 Å². The summed E-state index contributed by atoms with van der Waals surface area (Å²) in [6.45, 7) is 5.04. The first-order valence-corrected chi connectivity index (χ1v) is 9.10. The maximum absolute atomic E-state index is 13.3. The Morgan fingerprint density at radius 3 is 2.85 bits per heavy atom. The van der Waals surface area contributed by atoms with E-state index in [0.717, 1.165) is 16.9 Å². The zero-order valence-electron chi connectivity index (χ0n) is 15.1. The lowest BCUT2D eigenvalue weighted by Crippen LogP contribution is -2.45. The normalized spacial score (nSPS) is 16.4. The van der Waals surface area contributed by atoms with Crippen LogP contribution in [0.3, 0.4) is 0 Å². The van der Waals surface area contributed by atoms with E-state index < -0.39 is 5.82 Å². The molecular formula is C19H19ClFN5O. The molecule has 8 heteroatoms. The zero-order valence-corrected chi connectivity index (χ0v) is 15.8. The molecular weight excluding hydrogens is 369 g/mol. The van der Waals surface area contributed by atoms with E-state index in [1.165, 1.54) is 12.1 Å². The van der Waals surface area contributed by atoms with Gasteiger partial charge in [-0.2, -0.15) is 10.2 Å². The van der Waals surface area contributed by atoms with Gasteiger partial charge in [-0.25, -0.2) is 9.07 Å². The lowest BCUT2D eigenvalue weighted by atomic mass is 10.1. The number of rotatable bonds is 3. The summed E-state index contributed by atoms with van der Waals surface area (Å²) >= 11 is 5.83. The monoisotopic (exact) mass is 387 g/mol. The summed E-state index contributed by atoms with van der Waals surface area (Å²) in [6.07, 6.45) is 5.68. The third kappa shape index (κ3) is 3.35. The highest BCUT2D eigenvalue weighted by Gasteiger charge is 2.30. The summed E-state index contributed by atoms with van der Waals surface area (Å²) in [5, 5.41) is 8.83. The van der Waals surface area contributed by atoms with Crippen LogP contribution < -0.4 is 0 Å². The number of nitrogens with zero attached hydrogens (tertiary/aromatic N) is 5. The molecule has 1 amide bonds. The van der Waals surface area contributed by atoms with Gasteiger partial charge < -0.3 is 4.90 Å². The van der Waals surface area contributed by atoms with Crippen LogP contribution in [0, 0.1) is 12.7 Å². The summed E-state index contributed by atoms with van der Waals surface area (Å²) in [5.41, 5.74) is 3.57. The highest BCUT2D eigenvalue weighted by Crippen LogP contribution is 2.24. The van der Waals surface area contributed by atoms with Gasteiger partial charge in [0.05, 0.1) is 42.6 Å². The van der Waals surface area contributed by atoms with Crippen LogP contribution in [0.4, 0.5) is 4.39 Å². The Hall–Kier alpha value is -2.67. The largest absolute Gasteiger partial charge is 0.332 e. The second-order valence-electron chi connectivity index (χ2n) is 6.92. The van der Waals surface area contributed by atoms with Crippen LogP contribution in [-0.4, -0.2) is 36.4 Å². The van der Waals surface area contributed by atoms with Crippen molar-refractivity contribution in [3.63, 3.8) is 0 Å². The Morgan fingerprint density at radius 2 is 2.15 bits per heavy atom. The van der Waals surface area contributed by atoms with Gasteiger partial charge in [0, 0.05) is 12.2 Å². The van der Waals surface area contributed by atoms with E-state index in [0.29, 0.717) is 18.7 Å². The molecule has 4 rings (SSSR count). The fraction of sp³-hybridized carbons (Fsp3) is 0.316. The van der Waals surface area contributed by atoms with E-state index in [4.69, 9.17) is 11.6 Å². The van der Waals surface area contributed by atoms with Gasteiger partial charge in [-0.3, -0.25) is 9.48 Å². The van der Waals surface area contributed by atoms with Crippen molar-refractivity contribution in [2.45, 2.75) is 39.4 Å². The van der Waals surface area contributed by atoms with Crippen molar-refractivity contribution < 1.29 is 9.18 Å². The maximum Gasteiger partial charge on any atom is 0.227 e. The molecule has 0 saturated carbocycles. The maximum atomic E-state index is 13.3. The number of hydrogen-bond acceptors (Lipinski definition) is 3. The number of carbonyl (C=O) groups excluding carboxylic acids is 1. The highest BCUT2D eigenvalue weighted by molar-refractivity contribution is 6.30. The molecule has 3 heterocycles. The van der Waals surface area contributed by atoms with Crippen LogP contribution in [0.25, 0.3) is 5.69 Å². The van der Waals surface area contributed by atoms with Gasteiger partial charge in [0.2, 0.25) is 5.91 Å². The number of halogens is 2. The van der Waals surface area contributed by atoms with Crippen LogP contribution in [0.1, 0.15) is 23.7 Å². The molecule has 0 radical (unpaired) electrons. The standard InChI is InChI=1S/C19H19ClFN5O/c1-12-7-22-25(9-12)17-8-23-26-10-13(2)24(11-18(17)26)19(27)6-14-3-4-16(21)15(20)5-14/h3-5,7-9,13H,6,10-11H2,1-2H3. The fourth-order valence-corrected chi connectivity index (χ4v) is 3.59. The molecule has 0 saturated heterocycles. The van der Waals surface area contributed by atoms with E-state index >= 15 is 0 Å². The van der Waals surface area contributed by atoms with E-state index in [2.05, 4.69) is 10.2 Å². The number of amides is 1. The quantitative estimate of drug-likeness (QED) is 0.693. The fourth-order valence-electron chi connectivity index (χ4n) is 3.38. The SMILES string of the molecule is Cc1cnn(-c2cnn3c2CN(C(=O)Cc2ccc(F)c(Cl)c2)C(C)C3)c1. The predicted octanol–water partition coefficient (Wildman–Crippen LogP) is 3.14. The molecule has 1 unspecified atom stereocenters. The molecule has 0 bridgehead atoms. The summed E-state index contributed by atoms with van der Waals surface area (Å²) < 4.78 is 17.1. The molecule has 1 aromatic carbocycles. The number of fused-ring (bicyclic) bond motifs is 1. The minimum atomic E-state index is -0.484. The molecule has 2 aromatic heterocycles. The van der Waals surface area contributed by atoms with Crippen LogP contribution in [0.15, 0.2) is 36.8 Å². The van der Waals surface area contributed by atoms with Crippen molar-refractivity contribution >= 4 is 17.5 Å². The Morgan fingerprint density at radius 1 is 1.33 bits per heavy atom. The first kappa shape index (κ1) is 17.7. The predicted molar refractivity (Wildman–Crippen MR) is 99.2 cm³/mol. The lowest BCUT2D eigenvalue weighted by molar-refractivity contribution is -0.134. The molecule has 1 aliphatic heterocycles. The Balaban J connectivity index is 1.58. The highest BCUT2D eigenvalue weighted by atomic mass is 35.5. The molecule has 1 aliphatic rings. The van der Waals surface area contributed by atoms with E-state index in [-0.39, 0.29) is 23.4 Å². The number of benzene rings is 1. The van der Waals surface area contributed by atoms with Crippen LogP contribution >= 0.6 is 11.6 Å². The first-order chi connectivity index (χ1) is 12.9. The second-order valence-corrected chi connectivity index (χ2v) is 7.32. The minimum Gasteiger partial charge on any atom is -0.332 e. The molecule has 6 nitrogen and oxygen atoms in total. The van der Waals surface area contributed by atoms with Gasteiger partial charge in [-0.15, -0.1) is 0 Å². The zero-order chi connectivity index (χ0) is 19.1. The van der Waals surface area contributed by atoms with Crippen LogP contribution in [0.2, 0.25) is 5.02 Å². The lowest BCUT2D eigenvalue weighted by Gasteiger charge is -2.34. The molecule has 27 heavy (non-hydrogen) atoms. The van der Waals surface area contributed by atoms with E-state index in [1.807, 2.05) is 29.6 Å². The van der Waals surface area contributed by atoms with Crippen molar-refractivity contribution in [3.8, 4) is 5.69 Å². The van der Waals surface area contributed by atoms with Gasteiger partial charge in [-0.1, -0.05) is 17.7 Å². The second kappa shape index (κ2) is 6.81. The topological polar surface area (TPSA) is 56.0 Å². The number of aromatic nitrogens is 4. The number of aryl methyl sites for hydroxylation is 1. The van der Waals surface area contributed by atoms with Crippen molar-refractivity contribution in [2.75, 3.05) is 0 Å². The molecule has 0 aliphatic carbocycles. The molecule has 3 aromatic rings. The van der Waals surface area contributed by atoms with Gasteiger partial charge in [0.1, 0.15) is 11.5 Å². The molecule has 0 fully saturated rings. The molecule has 0 spiro atoms. The smallest absolute Gasteiger partial charge is 0.227 e. The summed E-state index contributed by atoms with van der Waals surface area (Å²) in [7, 11) is 0. The Bertz CT molecular complexity index is 1010. The minimum absolute atomic E-state index is 0.00743. The van der Waals surface area contributed by atoms with Gasteiger partial charge in [-0.05, 0) is 37.1 Å². The van der Waals surface area contributed by atoms with Gasteiger partial charge in [0.25, 0.3) is 0 Å². The van der Waals surface area contributed by atoms with Gasteiger partial charge in [0.15, 0.2) is 0 Å². The summed E-state index contributed by atoms with van der Waals surface area (Å²) in [4.78, 5) is 14.7. The van der Waals surface area contributed by atoms with E-state index in [9.17, 15) is 9.18 Å². The molecule has 140 valence electrons. The van der Waals surface area contributed by atoms with Gasteiger partial charge >= 0.3 is 0 Å². The molecule has 0 N–H and O–H groups in total.